The molecule has 5 saturated carbocycles. The van der Waals surface area contributed by atoms with Gasteiger partial charge in [-0.05, 0) is 49.9 Å². The van der Waals surface area contributed by atoms with Crippen LogP contribution < -0.4 is 0 Å². The summed E-state index contributed by atoms with van der Waals surface area (Å²) in [6.45, 7) is 6.89. The Morgan fingerprint density at radius 2 is 1.80 bits per heavy atom. The molecule has 0 amide bonds. The van der Waals surface area contributed by atoms with Gasteiger partial charge >= 0.3 is 0 Å². The zero-order valence-corrected chi connectivity index (χ0v) is 10.2. The Bertz CT molecular complexity index is 321. The summed E-state index contributed by atoms with van der Waals surface area (Å²) in [5.41, 5.74) is 0.0909. The summed E-state index contributed by atoms with van der Waals surface area (Å²) in [5, 5.41) is 0. The molecule has 5 fully saturated rings. The van der Waals surface area contributed by atoms with Crippen LogP contribution in [0, 0.1) is 28.6 Å². The quantitative estimate of drug-likeness (QED) is 0.593. The van der Waals surface area contributed by atoms with Crippen molar-refractivity contribution in [3.63, 3.8) is 0 Å². The van der Waals surface area contributed by atoms with Crippen molar-refractivity contribution in [2.75, 3.05) is 0 Å². The molecule has 4 bridgehead atoms. The zero-order valence-electron chi connectivity index (χ0n) is 10.2. The van der Waals surface area contributed by atoms with E-state index in [0.29, 0.717) is 17.6 Å². The van der Waals surface area contributed by atoms with E-state index in [2.05, 4.69) is 20.8 Å². The van der Waals surface area contributed by atoms with E-state index in [1.807, 2.05) is 0 Å². The third-order valence-electron chi connectivity index (χ3n) is 6.11. The summed E-state index contributed by atoms with van der Waals surface area (Å²) in [6, 6.07) is 0. The Balaban J connectivity index is 2.15. The third kappa shape index (κ3) is 0.976. The number of hydrogen-bond donors (Lipinski definition) is 0. The topological polar surface area (TPSA) is 17.1 Å². The Hall–Kier alpha value is -0.330. The van der Waals surface area contributed by atoms with Crippen LogP contribution >= 0.6 is 0 Å². The van der Waals surface area contributed by atoms with E-state index in [-0.39, 0.29) is 10.8 Å². The van der Waals surface area contributed by atoms with Crippen LogP contribution in [0.4, 0.5) is 0 Å². The molecule has 84 valence electrons. The average Bonchev–Trinajstić information content (AvgIpc) is 2.36. The Morgan fingerprint density at radius 1 is 1.13 bits per heavy atom. The maximum absolute atomic E-state index is 12.7. The maximum atomic E-state index is 12.7. The number of Topliss-reactive ketones (excluding diaryl/α,β-unsaturated/α-hetero) is 1. The normalized spacial score (nSPS) is 58.3. The van der Waals surface area contributed by atoms with E-state index in [9.17, 15) is 4.79 Å². The predicted octanol–water partition coefficient (Wildman–Crippen LogP) is 3.43. The molecular weight excluding hydrogens is 184 g/mol. The van der Waals surface area contributed by atoms with Crippen molar-refractivity contribution in [3.05, 3.63) is 0 Å². The van der Waals surface area contributed by atoms with E-state index in [0.717, 1.165) is 12.3 Å². The molecular formula is C14H22O. The van der Waals surface area contributed by atoms with Crippen LogP contribution in [0.15, 0.2) is 0 Å². The number of carbonyl (C=O) groups excluding carboxylic acids is 1. The van der Waals surface area contributed by atoms with Crippen LogP contribution in [-0.2, 0) is 4.79 Å². The fraction of sp³-hybridized carbons (Fsp3) is 0.929. The molecule has 0 aromatic carbocycles. The molecule has 5 aliphatic carbocycles. The van der Waals surface area contributed by atoms with Crippen molar-refractivity contribution >= 4 is 5.78 Å². The molecule has 5 rings (SSSR count). The lowest BCUT2D eigenvalue weighted by molar-refractivity contribution is -0.161. The third-order valence-corrected chi connectivity index (χ3v) is 6.11. The first-order chi connectivity index (χ1) is 6.98. The van der Waals surface area contributed by atoms with Crippen LogP contribution in [-0.4, -0.2) is 5.78 Å². The van der Waals surface area contributed by atoms with E-state index >= 15 is 0 Å². The van der Waals surface area contributed by atoms with Crippen molar-refractivity contribution in [3.8, 4) is 0 Å². The molecule has 0 aliphatic heterocycles. The molecule has 5 atom stereocenters. The second-order valence-electron chi connectivity index (χ2n) is 6.76. The largest absolute Gasteiger partial charge is 0.298 e. The van der Waals surface area contributed by atoms with Crippen molar-refractivity contribution in [2.45, 2.75) is 52.9 Å². The van der Waals surface area contributed by atoms with Gasteiger partial charge in [0.15, 0.2) is 0 Å². The highest BCUT2D eigenvalue weighted by Gasteiger charge is 2.63. The predicted molar refractivity (Wildman–Crippen MR) is 60.5 cm³/mol. The second-order valence-corrected chi connectivity index (χ2v) is 6.76. The average molecular weight is 206 g/mol. The van der Waals surface area contributed by atoms with Crippen LogP contribution in [0.5, 0.6) is 0 Å². The van der Waals surface area contributed by atoms with E-state index in [1.54, 1.807) is 0 Å². The monoisotopic (exact) mass is 206 g/mol. The molecule has 15 heavy (non-hydrogen) atoms. The van der Waals surface area contributed by atoms with Gasteiger partial charge in [-0.3, -0.25) is 4.79 Å². The molecule has 0 spiro atoms. The van der Waals surface area contributed by atoms with Gasteiger partial charge in [0.1, 0.15) is 5.78 Å². The Kier molecular flexibility index (Phi) is 1.76. The minimum absolute atomic E-state index is 0.0411. The summed E-state index contributed by atoms with van der Waals surface area (Å²) in [6.07, 6.45) is 6.24. The molecule has 0 N–H and O–H groups in total. The molecule has 5 aliphatic rings. The fourth-order valence-electron chi connectivity index (χ4n) is 4.95. The minimum Gasteiger partial charge on any atom is -0.298 e. The molecule has 0 aromatic heterocycles. The maximum Gasteiger partial charge on any atom is 0.145 e. The van der Waals surface area contributed by atoms with Crippen LogP contribution in [0.25, 0.3) is 0 Å². The van der Waals surface area contributed by atoms with Gasteiger partial charge in [0.05, 0.1) is 0 Å². The first-order valence-electron chi connectivity index (χ1n) is 6.53. The molecule has 0 radical (unpaired) electrons. The number of carbonyl (C=O) groups is 1. The first-order valence-corrected chi connectivity index (χ1v) is 6.53. The lowest BCUT2D eigenvalue weighted by Gasteiger charge is -2.56. The van der Waals surface area contributed by atoms with Crippen molar-refractivity contribution < 1.29 is 4.79 Å². The van der Waals surface area contributed by atoms with Gasteiger partial charge in [0.2, 0.25) is 0 Å². The highest BCUT2D eigenvalue weighted by Crippen LogP contribution is 2.64. The molecule has 0 heterocycles. The summed E-state index contributed by atoms with van der Waals surface area (Å²) in [7, 11) is 0. The number of fused-ring (bicyclic) bond motifs is 3. The van der Waals surface area contributed by atoms with Crippen molar-refractivity contribution in [2.24, 2.45) is 28.6 Å². The lowest BCUT2D eigenvalue weighted by atomic mass is 9.46. The number of rotatable bonds is 0. The van der Waals surface area contributed by atoms with Gasteiger partial charge in [0, 0.05) is 10.8 Å². The highest BCUT2D eigenvalue weighted by atomic mass is 16.1. The number of hydrogen-bond acceptors (Lipinski definition) is 1. The SMILES string of the molecule is CC1CCC2(C)C(=O)C3(C)CCC2CC13. The van der Waals surface area contributed by atoms with E-state index in [1.165, 1.54) is 25.7 Å². The summed E-state index contributed by atoms with van der Waals surface area (Å²) < 4.78 is 0. The Morgan fingerprint density at radius 3 is 2.53 bits per heavy atom. The minimum atomic E-state index is 0.0411. The smallest absolute Gasteiger partial charge is 0.145 e. The van der Waals surface area contributed by atoms with Crippen molar-refractivity contribution in [1.29, 1.82) is 0 Å². The Labute approximate surface area is 92.6 Å². The van der Waals surface area contributed by atoms with Gasteiger partial charge < -0.3 is 0 Å². The van der Waals surface area contributed by atoms with Gasteiger partial charge in [-0.1, -0.05) is 20.8 Å². The van der Waals surface area contributed by atoms with Gasteiger partial charge in [-0.15, -0.1) is 0 Å². The summed E-state index contributed by atoms with van der Waals surface area (Å²) in [4.78, 5) is 12.7. The van der Waals surface area contributed by atoms with Crippen molar-refractivity contribution in [1.82, 2.24) is 0 Å². The lowest BCUT2D eigenvalue weighted by Crippen LogP contribution is -2.57. The van der Waals surface area contributed by atoms with Crippen LogP contribution in [0.3, 0.4) is 0 Å². The number of ketones is 1. The van der Waals surface area contributed by atoms with Crippen LogP contribution in [0.1, 0.15) is 52.9 Å². The van der Waals surface area contributed by atoms with Gasteiger partial charge in [0.25, 0.3) is 0 Å². The summed E-state index contributed by atoms with van der Waals surface area (Å²) in [5.74, 6) is 2.79. The van der Waals surface area contributed by atoms with Gasteiger partial charge in [-0.2, -0.15) is 0 Å². The van der Waals surface area contributed by atoms with Gasteiger partial charge in [-0.25, -0.2) is 0 Å². The molecule has 1 heteroatoms. The first kappa shape index (κ1) is 9.86. The molecule has 5 unspecified atom stereocenters. The van der Waals surface area contributed by atoms with E-state index in [4.69, 9.17) is 0 Å². The molecule has 1 nitrogen and oxygen atoms in total. The molecule has 0 aromatic rings. The van der Waals surface area contributed by atoms with Crippen LogP contribution in [0.2, 0.25) is 0 Å². The second kappa shape index (κ2) is 2.67. The van der Waals surface area contributed by atoms with E-state index < -0.39 is 0 Å². The summed E-state index contributed by atoms with van der Waals surface area (Å²) >= 11 is 0. The fourth-order valence-corrected chi connectivity index (χ4v) is 4.95. The highest BCUT2D eigenvalue weighted by molar-refractivity contribution is 5.92. The standard InChI is InChI=1S/C14H22O/c1-9-4-6-13(2)10-5-7-14(3,12(13)15)11(9)8-10/h9-11H,4-8H2,1-3H3. The molecule has 0 saturated heterocycles. The zero-order chi connectivity index (χ0) is 10.8.